The molecule has 2 amide bonds. The minimum atomic E-state index is -1.19. The highest BCUT2D eigenvalue weighted by atomic mass is 16.6. The van der Waals surface area contributed by atoms with Crippen LogP contribution >= 0.6 is 0 Å². The number of ketones is 1. The van der Waals surface area contributed by atoms with Crippen LogP contribution in [0.25, 0.3) is 0 Å². The van der Waals surface area contributed by atoms with Crippen LogP contribution in [0.1, 0.15) is 17.3 Å². The Bertz CT molecular complexity index is 1010. The lowest BCUT2D eigenvalue weighted by atomic mass is 10.2. The molecule has 154 valence electrons. The minimum Gasteiger partial charge on any atom is -0.470 e. The Morgan fingerprint density at radius 1 is 1.03 bits per heavy atom. The van der Waals surface area contributed by atoms with Crippen LogP contribution < -0.4 is 16.4 Å². The summed E-state index contributed by atoms with van der Waals surface area (Å²) in [6.45, 7) is 1.07. The van der Waals surface area contributed by atoms with Crippen LogP contribution in [0.3, 0.4) is 0 Å². The maximum absolute atomic E-state index is 12.5. The molecule has 2 aromatic rings. The first kappa shape index (κ1) is 20.6. The van der Waals surface area contributed by atoms with Crippen molar-refractivity contribution in [1.82, 2.24) is 0 Å². The molecule has 0 saturated carbocycles. The highest BCUT2D eigenvalue weighted by Crippen LogP contribution is 2.21. The number of esters is 1. The Balaban J connectivity index is 1.65. The van der Waals surface area contributed by atoms with Gasteiger partial charge in [0, 0.05) is 16.9 Å². The van der Waals surface area contributed by atoms with Gasteiger partial charge in [0.15, 0.2) is 18.3 Å². The summed E-state index contributed by atoms with van der Waals surface area (Å²) in [5.74, 6) is -2.74. The summed E-state index contributed by atoms with van der Waals surface area (Å²) < 4.78 is 10.4. The van der Waals surface area contributed by atoms with E-state index < -0.39 is 29.7 Å². The molecule has 0 saturated heterocycles. The Morgan fingerprint density at radius 2 is 1.70 bits per heavy atom. The molecule has 0 aromatic heterocycles. The van der Waals surface area contributed by atoms with Gasteiger partial charge in [0.25, 0.3) is 5.91 Å². The van der Waals surface area contributed by atoms with Crippen molar-refractivity contribution in [3.63, 3.8) is 0 Å². The Labute approximate surface area is 171 Å². The van der Waals surface area contributed by atoms with Crippen LogP contribution in [-0.4, -0.2) is 36.3 Å². The Kier molecular flexibility index (Phi) is 6.11. The zero-order valence-corrected chi connectivity index (χ0v) is 16.0. The lowest BCUT2D eigenvalue weighted by molar-refractivity contribution is -0.150. The van der Waals surface area contributed by atoms with Crippen LogP contribution in [0, 0.1) is 0 Å². The van der Waals surface area contributed by atoms with E-state index in [1.807, 2.05) is 6.07 Å². The van der Waals surface area contributed by atoms with Gasteiger partial charge in [-0.05, 0) is 43.3 Å². The molecular weight excluding hydrogens is 390 g/mol. The van der Waals surface area contributed by atoms with Crippen molar-refractivity contribution in [2.75, 3.05) is 17.2 Å². The SMILES string of the molecule is C[C@H](OC(=O)C1=C(Nc2ccccc2)OCC1=O)C(=O)Nc1ccc(C(N)=O)cc1. The van der Waals surface area contributed by atoms with Gasteiger partial charge in [-0.3, -0.25) is 14.4 Å². The molecule has 1 atom stereocenters. The summed E-state index contributed by atoms with van der Waals surface area (Å²) in [5.41, 5.74) is 6.18. The molecule has 0 fully saturated rings. The van der Waals surface area contributed by atoms with Gasteiger partial charge in [0.05, 0.1) is 0 Å². The molecule has 9 nitrogen and oxygen atoms in total. The lowest BCUT2D eigenvalue weighted by Crippen LogP contribution is -2.31. The van der Waals surface area contributed by atoms with Crippen molar-refractivity contribution >= 4 is 34.9 Å². The quantitative estimate of drug-likeness (QED) is 0.466. The van der Waals surface area contributed by atoms with E-state index in [1.54, 1.807) is 24.3 Å². The highest BCUT2D eigenvalue weighted by Gasteiger charge is 2.34. The predicted molar refractivity (Wildman–Crippen MR) is 107 cm³/mol. The van der Waals surface area contributed by atoms with Gasteiger partial charge in [-0.25, -0.2) is 4.79 Å². The molecule has 0 radical (unpaired) electrons. The first-order chi connectivity index (χ1) is 14.3. The minimum absolute atomic E-state index is 0.0224. The number of carbonyl (C=O) groups excluding carboxylic acids is 4. The summed E-state index contributed by atoms with van der Waals surface area (Å²) in [5, 5.41) is 5.41. The van der Waals surface area contributed by atoms with Crippen LogP contribution in [0.15, 0.2) is 66.1 Å². The van der Waals surface area contributed by atoms with Gasteiger partial charge in [-0.15, -0.1) is 0 Å². The molecular formula is C21H19N3O6. The third kappa shape index (κ3) is 4.82. The van der Waals surface area contributed by atoms with E-state index in [9.17, 15) is 19.2 Å². The second-order valence-electron chi connectivity index (χ2n) is 6.39. The number of rotatable bonds is 7. The number of primary amides is 1. The topological polar surface area (TPSA) is 137 Å². The van der Waals surface area contributed by atoms with E-state index in [4.69, 9.17) is 15.2 Å². The van der Waals surface area contributed by atoms with E-state index in [0.29, 0.717) is 11.4 Å². The van der Waals surface area contributed by atoms with Gasteiger partial charge in [0.2, 0.25) is 17.6 Å². The number of amides is 2. The van der Waals surface area contributed by atoms with Crippen molar-refractivity contribution in [2.45, 2.75) is 13.0 Å². The average molecular weight is 409 g/mol. The summed E-state index contributed by atoms with van der Waals surface area (Å²) in [6, 6.07) is 14.7. The van der Waals surface area contributed by atoms with Crippen LogP contribution in [0.5, 0.6) is 0 Å². The number of ether oxygens (including phenoxy) is 2. The molecule has 1 aliphatic rings. The number of hydrogen-bond donors (Lipinski definition) is 3. The zero-order chi connectivity index (χ0) is 21.7. The molecule has 0 spiro atoms. The summed E-state index contributed by atoms with van der Waals surface area (Å²) in [4.78, 5) is 48.0. The summed E-state index contributed by atoms with van der Waals surface area (Å²) in [6.07, 6.45) is -1.19. The zero-order valence-electron chi connectivity index (χ0n) is 16.0. The second-order valence-corrected chi connectivity index (χ2v) is 6.39. The predicted octanol–water partition coefficient (Wildman–Crippen LogP) is 1.58. The number of hydrogen-bond acceptors (Lipinski definition) is 7. The van der Waals surface area contributed by atoms with E-state index >= 15 is 0 Å². The smallest absolute Gasteiger partial charge is 0.348 e. The monoisotopic (exact) mass is 409 g/mol. The van der Waals surface area contributed by atoms with Crippen molar-refractivity contribution in [3.8, 4) is 0 Å². The van der Waals surface area contributed by atoms with E-state index in [1.165, 1.54) is 31.2 Å². The number of para-hydroxylation sites is 1. The normalized spacial score (nSPS) is 14.0. The lowest BCUT2D eigenvalue weighted by Gasteiger charge is -2.14. The van der Waals surface area contributed by atoms with Gasteiger partial charge in [-0.2, -0.15) is 0 Å². The van der Waals surface area contributed by atoms with Crippen molar-refractivity contribution in [3.05, 3.63) is 71.6 Å². The fourth-order valence-corrected chi connectivity index (χ4v) is 2.60. The van der Waals surface area contributed by atoms with Crippen LogP contribution in [0.2, 0.25) is 0 Å². The summed E-state index contributed by atoms with van der Waals surface area (Å²) in [7, 11) is 0. The van der Waals surface area contributed by atoms with Gasteiger partial charge in [0.1, 0.15) is 0 Å². The summed E-state index contributed by atoms with van der Waals surface area (Å²) >= 11 is 0. The molecule has 2 aromatic carbocycles. The fraction of sp³-hybridized carbons (Fsp3) is 0.143. The molecule has 0 aliphatic carbocycles. The van der Waals surface area contributed by atoms with Gasteiger partial charge >= 0.3 is 5.97 Å². The van der Waals surface area contributed by atoms with Crippen LogP contribution in [0.4, 0.5) is 11.4 Å². The first-order valence-corrected chi connectivity index (χ1v) is 8.99. The largest absolute Gasteiger partial charge is 0.470 e. The van der Waals surface area contributed by atoms with E-state index in [-0.39, 0.29) is 23.6 Å². The second kappa shape index (κ2) is 8.91. The third-order valence-electron chi connectivity index (χ3n) is 4.18. The van der Waals surface area contributed by atoms with Gasteiger partial charge < -0.3 is 25.8 Å². The van der Waals surface area contributed by atoms with Crippen LogP contribution in [-0.2, 0) is 23.9 Å². The number of nitrogens with one attached hydrogen (secondary N) is 2. The third-order valence-corrected chi connectivity index (χ3v) is 4.18. The van der Waals surface area contributed by atoms with E-state index in [0.717, 1.165) is 0 Å². The molecule has 9 heteroatoms. The molecule has 0 unspecified atom stereocenters. The number of anilines is 2. The average Bonchev–Trinajstić information content (AvgIpc) is 3.09. The first-order valence-electron chi connectivity index (χ1n) is 8.99. The molecule has 1 aliphatic heterocycles. The van der Waals surface area contributed by atoms with Crippen molar-refractivity contribution < 1.29 is 28.7 Å². The number of nitrogens with two attached hydrogens (primary N) is 1. The number of Topliss-reactive ketones (excluding diaryl/α,β-unsaturated/α-hetero) is 1. The van der Waals surface area contributed by atoms with Crippen molar-refractivity contribution in [2.24, 2.45) is 5.73 Å². The standard InChI is InChI=1S/C21H19N3O6/c1-12(19(27)23-15-9-7-13(8-10-15)18(22)26)30-21(28)17-16(25)11-29-20(17)24-14-5-3-2-4-6-14/h2-10,12,24H,11H2,1H3,(H2,22,26)(H,23,27)/t12-/m0/s1. The fourth-order valence-electron chi connectivity index (χ4n) is 2.60. The maximum Gasteiger partial charge on any atom is 0.348 e. The highest BCUT2D eigenvalue weighted by molar-refractivity contribution is 6.20. The molecule has 1 heterocycles. The molecule has 0 bridgehead atoms. The maximum atomic E-state index is 12.5. The Hall–Kier alpha value is -4.14. The molecule has 3 rings (SSSR count). The van der Waals surface area contributed by atoms with E-state index in [2.05, 4.69) is 10.6 Å². The number of carbonyl (C=O) groups is 4. The molecule has 4 N–H and O–H groups in total. The van der Waals surface area contributed by atoms with Gasteiger partial charge in [-0.1, -0.05) is 18.2 Å². The van der Waals surface area contributed by atoms with Crippen molar-refractivity contribution in [1.29, 1.82) is 0 Å². The Morgan fingerprint density at radius 3 is 2.33 bits per heavy atom. The number of benzene rings is 2. The molecule has 30 heavy (non-hydrogen) atoms.